The first-order valence-corrected chi connectivity index (χ1v) is 21.7. The summed E-state index contributed by atoms with van der Waals surface area (Å²) >= 11 is 0. The monoisotopic (exact) mass is 709 g/mol. The molecule has 2 amide bonds. The van der Waals surface area contributed by atoms with Crippen LogP contribution in [-0.4, -0.2) is 103 Å². The number of ether oxygens (including phenoxy) is 2. The normalized spacial score (nSPS) is 46.4. The third kappa shape index (κ3) is 6.64. The highest BCUT2D eigenvalue weighted by atomic mass is 16.7. The summed E-state index contributed by atoms with van der Waals surface area (Å²) in [4.78, 5) is 33.7. The topological polar surface area (TPSA) is 74.4 Å². The number of likely N-dealkylation sites (tertiary alicyclic amines) is 1. The van der Waals surface area contributed by atoms with Crippen LogP contribution in [0, 0.1) is 58.2 Å². The zero-order valence-corrected chi connectivity index (χ0v) is 33.2. The number of fused-ring (bicyclic) bond motifs is 7. The Morgan fingerprint density at radius 1 is 0.824 bits per heavy atom. The molecule has 0 radical (unpaired) electrons. The Kier molecular flexibility index (Phi) is 10.2. The maximum absolute atomic E-state index is 13.3. The fourth-order valence-electron chi connectivity index (χ4n) is 14.2. The molecule has 4 heterocycles. The molecule has 2 unspecified atom stereocenters. The van der Waals surface area contributed by atoms with Gasteiger partial charge in [0.05, 0.1) is 12.7 Å². The van der Waals surface area contributed by atoms with Crippen molar-refractivity contribution in [2.45, 2.75) is 149 Å². The number of nitrogens with one attached hydrogen (secondary N) is 1. The number of carbonyl (C=O) groups is 2. The zero-order chi connectivity index (χ0) is 35.7. The minimum absolute atomic E-state index is 0.0100. The van der Waals surface area contributed by atoms with Crippen LogP contribution in [0.1, 0.15) is 125 Å². The molecule has 4 aliphatic heterocycles. The van der Waals surface area contributed by atoms with Crippen molar-refractivity contribution in [2.24, 2.45) is 58.2 Å². The Bertz CT molecular complexity index is 1270. The van der Waals surface area contributed by atoms with Gasteiger partial charge in [-0.3, -0.25) is 14.5 Å². The summed E-state index contributed by atoms with van der Waals surface area (Å²) in [6.45, 7) is 22.9. The van der Waals surface area contributed by atoms with Gasteiger partial charge < -0.3 is 24.6 Å². The molecular weight excluding hydrogens is 636 g/mol. The van der Waals surface area contributed by atoms with Crippen molar-refractivity contribution in [2.75, 3.05) is 52.4 Å². The fourth-order valence-corrected chi connectivity index (χ4v) is 14.2. The third-order valence-corrected chi connectivity index (χ3v) is 17.0. The van der Waals surface area contributed by atoms with Crippen LogP contribution in [0.3, 0.4) is 0 Å². The number of rotatable bonds is 6. The third-order valence-electron chi connectivity index (χ3n) is 17.0. The number of carbonyl (C=O) groups excluding carboxylic acids is 2. The summed E-state index contributed by atoms with van der Waals surface area (Å²) in [5.41, 5.74) is 0.723. The van der Waals surface area contributed by atoms with Crippen molar-refractivity contribution in [1.82, 2.24) is 20.0 Å². The molecule has 8 rings (SSSR count). The van der Waals surface area contributed by atoms with Crippen molar-refractivity contribution in [1.29, 1.82) is 0 Å². The summed E-state index contributed by atoms with van der Waals surface area (Å²) in [7, 11) is 0. The zero-order valence-electron chi connectivity index (χ0n) is 33.2. The highest BCUT2D eigenvalue weighted by molar-refractivity contribution is 5.97. The molecule has 8 fully saturated rings. The summed E-state index contributed by atoms with van der Waals surface area (Å²) in [5, 5.41) is 3.37. The van der Waals surface area contributed by atoms with E-state index >= 15 is 0 Å². The average Bonchev–Trinajstić information content (AvgIpc) is 3.55. The van der Waals surface area contributed by atoms with E-state index in [2.05, 4.69) is 56.7 Å². The Morgan fingerprint density at radius 3 is 2.27 bits per heavy atom. The Morgan fingerprint density at radius 2 is 1.57 bits per heavy atom. The lowest BCUT2D eigenvalue weighted by Gasteiger charge is -2.61. The van der Waals surface area contributed by atoms with Crippen LogP contribution in [0.4, 0.5) is 0 Å². The van der Waals surface area contributed by atoms with Gasteiger partial charge in [-0.05, 0) is 123 Å². The van der Waals surface area contributed by atoms with Gasteiger partial charge in [0.1, 0.15) is 6.42 Å². The van der Waals surface area contributed by atoms with Gasteiger partial charge >= 0.3 is 0 Å². The first-order chi connectivity index (χ1) is 24.4. The molecule has 4 saturated carbocycles. The number of piperazine rings is 1. The average molecular weight is 709 g/mol. The molecule has 8 aliphatic rings. The molecule has 1 spiro atoms. The fraction of sp³-hybridized carbons (Fsp3) is 0.953. The Hall–Kier alpha value is -1.22. The van der Waals surface area contributed by atoms with Crippen LogP contribution < -0.4 is 5.32 Å². The molecule has 1 N–H and O–H groups in total. The SMILES string of the molecule is CC(C)CN1CCN(C2CCN(C(=O)CC(=O)NC3CC[C@]4(C)C5CC[C@]6(C)[C@@H]7[C@H](C[C@H]6[C@@H]5CC[C@@H]4C3)O[C@]3(CC[C@H](C)CO3)[C@H]7C)CC2)CC1. The van der Waals surface area contributed by atoms with Gasteiger partial charge in [-0.2, -0.15) is 0 Å². The number of nitrogens with zero attached hydrogens (tertiary/aromatic N) is 3. The number of hydrogen-bond donors (Lipinski definition) is 1. The smallest absolute Gasteiger partial charge is 0.232 e. The van der Waals surface area contributed by atoms with Gasteiger partial charge in [0.2, 0.25) is 11.8 Å². The minimum Gasteiger partial charge on any atom is -0.353 e. The number of piperidine rings is 1. The summed E-state index contributed by atoms with van der Waals surface area (Å²) in [6.07, 6.45) is 14.6. The van der Waals surface area contributed by atoms with Crippen LogP contribution in [0.15, 0.2) is 0 Å². The second-order valence-corrected chi connectivity index (χ2v) is 20.2. The molecule has 51 heavy (non-hydrogen) atoms. The van der Waals surface area contributed by atoms with E-state index in [1.165, 1.54) is 51.5 Å². The van der Waals surface area contributed by atoms with E-state index in [1.54, 1.807) is 0 Å². The maximum atomic E-state index is 13.3. The molecule has 4 aliphatic carbocycles. The van der Waals surface area contributed by atoms with Crippen molar-refractivity contribution < 1.29 is 19.1 Å². The lowest BCUT2D eigenvalue weighted by atomic mass is 9.44. The highest BCUT2D eigenvalue weighted by Crippen LogP contribution is 2.71. The second kappa shape index (κ2) is 14.1. The van der Waals surface area contributed by atoms with Crippen molar-refractivity contribution in [3.05, 3.63) is 0 Å². The van der Waals surface area contributed by atoms with Gasteiger partial charge in [-0.1, -0.05) is 41.5 Å². The molecule has 8 heteroatoms. The van der Waals surface area contributed by atoms with Crippen LogP contribution in [0.2, 0.25) is 0 Å². The van der Waals surface area contributed by atoms with E-state index in [-0.39, 0.29) is 30.1 Å². The van der Waals surface area contributed by atoms with Gasteiger partial charge in [-0.25, -0.2) is 0 Å². The van der Waals surface area contributed by atoms with E-state index in [4.69, 9.17) is 9.47 Å². The van der Waals surface area contributed by atoms with E-state index in [0.29, 0.717) is 46.6 Å². The van der Waals surface area contributed by atoms with Crippen LogP contribution in [-0.2, 0) is 19.1 Å². The summed E-state index contributed by atoms with van der Waals surface area (Å²) < 4.78 is 13.6. The predicted molar refractivity (Wildman–Crippen MR) is 201 cm³/mol. The van der Waals surface area contributed by atoms with Crippen LogP contribution in [0.25, 0.3) is 0 Å². The molecule has 0 bridgehead atoms. The van der Waals surface area contributed by atoms with E-state index < -0.39 is 0 Å². The number of amides is 2. The van der Waals surface area contributed by atoms with Gasteiger partial charge in [-0.15, -0.1) is 0 Å². The number of hydrogen-bond acceptors (Lipinski definition) is 6. The first-order valence-electron chi connectivity index (χ1n) is 21.7. The lowest BCUT2D eigenvalue weighted by molar-refractivity contribution is -0.273. The lowest BCUT2D eigenvalue weighted by Crippen LogP contribution is -2.56. The van der Waals surface area contributed by atoms with E-state index in [9.17, 15) is 9.59 Å². The van der Waals surface area contributed by atoms with Crippen molar-refractivity contribution >= 4 is 11.8 Å². The van der Waals surface area contributed by atoms with Crippen LogP contribution in [0.5, 0.6) is 0 Å². The molecule has 0 aromatic rings. The molecular formula is C43H72N4O4. The second-order valence-electron chi connectivity index (χ2n) is 20.2. The highest BCUT2D eigenvalue weighted by Gasteiger charge is 2.69. The Balaban J connectivity index is 0.804. The molecule has 4 saturated heterocycles. The van der Waals surface area contributed by atoms with Gasteiger partial charge in [0, 0.05) is 70.2 Å². The first kappa shape index (κ1) is 36.7. The molecule has 8 nitrogen and oxygen atoms in total. The van der Waals surface area contributed by atoms with Crippen molar-refractivity contribution in [3.63, 3.8) is 0 Å². The quantitative estimate of drug-likeness (QED) is 0.315. The standard InChI is InChI=1S/C43H72N4O4/c1-28(2)26-45-19-21-46(22-20-45)33-12-17-47(18-13-33)39(49)25-38(48)44-32-10-14-41(5)31(23-32)7-8-34-35(41)11-15-42(6)36(34)24-37-40(42)30(4)43(51-37)16-9-29(3)27-50-43/h28-37,40H,7-27H2,1-6H3,(H,44,48)/t29-,30-,31+,32?,34+,35?,36-,37-,40-,41-,42-,43+/m0/s1. The minimum atomic E-state index is -0.330. The molecule has 288 valence electrons. The molecule has 0 aromatic carbocycles. The van der Waals surface area contributed by atoms with Crippen LogP contribution >= 0.6 is 0 Å². The molecule has 12 atom stereocenters. The van der Waals surface area contributed by atoms with E-state index in [1.807, 2.05) is 4.90 Å². The van der Waals surface area contributed by atoms with Crippen molar-refractivity contribution in [3.8, 4) is 0 Å². The summed E-state index contributed by atoms with van der Waals surface area (Å²) in [5.74, 6) is 5.12. The summed E-state index contributed by atoms with van der Waals surface area (Å²) in [6, 6.07) is 0.787. The largest absolute Gasteiger partial charge is 0.353 e. The Labute approximate surface area is 309 Å². The molecule has 0 aromatic heterocycles. The van der Waals surface area contributed by atoms with Gasteiger partial charge in [0.25, 0.3) is 0 Å². The maximum Gasteiger partial charge on any atom is 0.232 e. The predicted octanol–water partition coefficient (Wildman–Crippen LogP) is 6.57. The van der Waals surface area contributed by atoms with Gasteiger partial charge in [0.15, 0.2) is 5.79 Å². The van der Waals surface area contributed by atoms with E-state index in [0.717, 1.165) is 102 Å².